The molecule has 2 N–H and O–H groups in total. The van der Waals surface area contributed by atoms with Crippen molar-refractivity contribution in [3.05, 3.63) is 82.7 Å². The summed E-state index contributed by atoms with van der Waals surface area (Å²) in [5.41, 5.74) is 1.34. The zero-order valence-corrected chi connectivity index (χ0v) is 22.9. The third-order valence-electron chi connectivity index (χ3n) is 6.29. The Morgan fingerprint density at radius 2 is 1.85 bits per heavy atom. The van der Waals surface area contributed by atoms with Crippen LogP contribution in [0.4, 0.5) is 14.5 Å². The summed E-state index contributed by atoms with van der Waals surface area (Å²) >= 11 is 0. The molecule has 0 fully saturated rings. The van der Waals surface area contributed by atoms with Crippen LogP contribution in [-0.4, -0.2) is 28.7 Å². The smallest absolute Gasteiger partial charge is 0.261 e. The van der Waals surface area contributed by atoms with E-state index in [0.29, 0.717) is 28.6 Å². The second-order valence-corrected chi connectivity index (χ2v) is 11.6. The number of pyridine rings is 1. The fraction of sp³-hybridized carbons (Fsp3) is 0.214. The lowest BCUT2D eigenvalue weighted by atomic mass is 10.0. The van der Waals surface area contributed by atoms with Crippen molar-refractivity contribution < 1.29 is 26.4 Å². The van der Waals surface area contributed by atoms with Crippen LogP contribution in [0.5, 0.6) is 11.5 Å². The number of sulfonamides is 1. The van der Waals surface area contributed by atoms with Gasteiger partial charge >= 0.3 is 0 Å². The van der Waals surface area contributed by atoms with E-state index in [4.69, 9.17) is 9.15 Å². The Morgan fingerprint density at radius 1 is 1.10 bits per heavy atom. The summed E-state index contributed by atoms with van der Waals surface area (Å²) in [5, 5.41) is 0.258. The zero-order valence-electron chi connectivity index (χ0n) is 22.1. The molecule has 0 radical (unpaired) electrons. The number of H-pyrrole nitrogens is 1. The highest BCUT2D eigenvalue weighted by Gasteiger charge is 2.22. The first-order chi connectivity index (χ1) is 19.0. The van der Waals surface area contributed by atoms with E-state index in [-0.39, 0.29) is 45.4 Å². The summed E-state index contributed by atoms with van der Waals surface area (Å²) in [4.78, 5) is 20.6. The van der Waals surface area contributed by atoms with Crippen molar-refractivity contribution in [1.29, 1.82) is 0 Å². The lowest BCUT2D eigenvalue weighted by molar-refractivity contribution is 0.439. The van der Waals surface area contributed by atoms with Gasteiger partial charge in [0.1, 0.15) is 28.7 Å². The molecule has 12 heteroatoms. The minimum atomic E-state index is -3.63. The molecule has 0 saturated heterocycles. The molecule has 0 aliphatic carbocycles. The van der Waals surface area contributed by atoms with E-state index >= 15 is 0 Å². The molecule has 5 rings (SSSR count). The molecular weight excluding hydrogens is 542 g/mol. The number of rotatable bonds is 8. The SMILES string of the molecule is CCS(=O)(=O)Nc1ccc(Oc2ccc(F)cc2F)c(-c2cn(C)c(=O)c3cc(-c4cnc(C(C)C)[nH]4)oc23)c1. The third-order valence-corrected chi connectivity index (χ3v) is 7.60. The Kier molecular flexibility index (Phi) is 6.96. The molecule has 0 aliphatic heterocycles. The van der Waals surface area contributed by atoms with Crippen molar-refractivity contribution in [2.24, 2.45) is 7.05 Å². The molecule has 3 aromatic heterocycles. The summed E-state index contributed by atoms with van der Waals surface area (Å²) in [6.07, 6.45) is 3.13. The largest absolute Gasteiger partial charge is 0.454 e. The number of imidazole rings is 1. The minimum Gasteiger partial charge on any atom is -0.454 e. The van der Waals surface area contributed by atoms with Crippen molar-refractivity contribution in [2.45, 2.75) is 26.7 Å². The van der Waals surface area contributed by atoms with Crippen LogP contribution in [-0.2, 0) is 17.1 Å². The summed E-state index contributed by atoms with van der Waals surface area (Å²) < 4.78 is 68.4. The van der Waals surface area contributed by atoms with Crippen LogP contribution in [0.25, 0.3) is 33.6 Å². The Balaban J connectivity index is 1.72. The highest BCUT2D eigenvalue weighted by atomic mass is 32.2. The van der Waals surface area contributed by atoms with E-state index in [2.05, 4.69) is 14.7 Å². The molecule has 2 aromatic carbocycles. The first kappa shape index (κ1) is 27.1. The van der Waals surface area contributed by atoms with E-state index in [0.717, 1.165) is 18.0 Å². The monoisotopic (exact) mass is 568 g/mol. The molecule has 0 bridgehead atoms. The Labute approximate surface area is 228 Å². The van der Waals surface area contributed by atoms with Crippen molar-refractivity contribution in [3.8, 4) is 34.1 Å². The number of aromatic nitrogens is 3. The normalized spacial score (nSPS) is 11.9. The fourth-order valence-electron chi connectivity index (χ4n) is 4.15. The third kappa shape index (κ3) is 5.22. The van der Waals surface area contributed by atoms with Crippen molar-refractivity contribution in [2.75, 3.05) is 10.5 Å². The second-order valence-electron chi connectivity index (χ2n) is 9.54. The van der Waals surface area contributed by atoms with Crippen molar-refractivity contribution in [1.82, 2.24) is 14.5 Å². The van der Waals surface area contributed by atoms with Gasteiger partial charge in [0, 0.05) is 42.0 Å². The molecular formula is C28H26F2N4O5S. The summed E-state index contributed by atoms with van der Waals surface area (Å²) in [6, 6.07) is 8.91. The number of benzene rings is 2. The number of halogens is 2. The molecule has 0 aliphatic rings. The molecule has 0 atom stereocenters. The summed E-state index contributed by atoms with van der Waals surface area (Å²) in [5.74, 6) is -0.719. The topological polar surface area (TPSA) is 119 Å². The first-order valence-corrected chi connectivity index (χ1v) is 14.1. The average molecular weight is 569 g/mol. The average Bonchev–Trinajstić information content (AvgIpc) is 3.57. The number of fused-ring (bicyclic) bond motifs is 1. The van der Waals surface area contributed by atoms with Crippen LogP contribution >= 0.6 is 0 Å². The van der Waals surface area contributed by atoms with Gasteiger partial charge in [0.05, 0.1) is 17.3 Å². The standard InChI is InChI=1S/C28H26F2N4O5S/c1-5-40(36,37)33-17-7-9-23(38-24-8-6-16(29)10-21(24)30)18(11-17)20-14-34(4)28(35)19-12-25(39-26(19)20)22-13-31-27(32-22)15(2)3/h6-15,33H,5H2,1-4H3,(H,31,32). The van der Waals surface area contributed by atoms with Gasteiger partial charge in [-0.05, 0) is 43.3 Å². The number of ether oxygens (including phenoxy) is 1. The Bertz CT molecular complexity index is 1910. The van der Waals surface area contributed by atoms with E-state index < -0.39 is 21.7 Å². The van der Waals surface area contributed by atoms with Crippen molar-refractivity contribution >= 4 is 26.7 Å². The van der Waals surface area contributed by atoms with Gasteiger partial charge in [0.2, 0.25) is 10.0 Å². The van der Waals surface area contributed by atoms with Crippen LogP contribution in [0.15, 0.2) is 64.1 Å². The number of hydrogen-bond donors (Lipinski definition) is 2. The molecule has 3 heterocycles. The second kappa shape index (κ2) is 10.3. The van der Waals surface area contributed by atoms with Gasteiger partial charge in [0.15, 0.2) is 17.3 Å². The van der Waals surface area contributed by atoms with Gasteiger partial charge in [-0.25, -0.2) is 22.2 Å². The van der Waals surface area contributed by atoms with Gasteiger partial charge in [-0.2, -0.15) is 0 Å². The number of aryl methyl sites for hydroxylation is 1. The number of nitrogens with zero attached hydrogens (tertiary/aromatic N) is 2. The van der Waals surface area contributed by atoms with E-state index in [1.807, 2.05) is 13.8 Å². The van der Waals surface area contributed by atoms with Gasteiger partial charge in [0.25, 0.3) is 5.56 Å². The van der Waals surface area contributed by atoms with Crippen LogP contribution in [0.3, 0.4) is 0 Å². The van der Waals surface area contributed by atoms with E-state index in [1.54, 1.807) is 19.3 Å². The van der Waals surface area contributed by atoms with Crippen LogP contribution < -0.4 is 15.0 Å². The van der Waals surface area contributed by atoms with Crippen LogP contribution in [0.1, 0.15) is 32.5 Å². The number of hydrogen-bond acceptors (Lipinski definition) is 6. The Hall–Kier alpha value is -4.45. The van der Waals surface area contributed by atoms with Crippen LogP contribution in [0.2, 0.25) is 0 Å². The van der Waals surface area contributed by atoms with Gasteiger partial charge in [-0.3, -0.25) is 9.52 Å². The molecule has 5 aromatic rings. The van der Waals surface area contributed by atoms with Crippen molar-refractivity contribution in [3.63, 3.8) is 0 Å². The summed E-state index contributed by atoms with van der Waals surface area (Å²) in [7, 11) is -2.07. The predicted octanol–water partition coefficient (Wildman–Crippen LogP) is 6.14. The molecule has 0 amide bonds. The zero-order chi connectivity index (χ0) is 28.8. The van der Waals surface area contributed by atoms with Gasteiger partial charge in [-0.1, -0.05) is 13.8 Å². The van der Waals surface area contributed by atoms with E-state index in [9.17, 15) is 22.0 Å². The highest BCUT2D eigenvalue weighted by Crippen LogP contribution is 2.41. The quantitative estimate of drug-likeness (QED) is 0.232. The number of anilines is 1. The lowest BCUT2D eigenvalue weighted by Gasteiger charge is -2.15. The maximum atomic E-state index is 14.5. The molecule has 0 unspecified atom stereocenters. The van der Waals surface area contributed by atoms with Gasteiger partial charge in [-0.15, -0.1) is 0 Å². The first-order valence-electron chi connectivity index (χ1n) is 12.4. The number of furan rings is 1. The van der Waals surface area contributed by atoms with E-state index in [1.165, 1.54) is 35.9 Å². The number of nitrogens with one attached hydrogen (secondary N) is 2. The Morgan fingerprint density at radius 3 is 2.52 bits per heavy atom. The molecule has 0 saturated carbocycles. The maximum Gasteiger partial charge on any atom is 0.261 e. The molecule has 40 heavy (non-hydrogen) atoms. The molecule has 9 nitrogen and oxygen atoms in total. The molecule has 208 valence electrons. The van der Waals surface area contributed by atoms with Crippen LogP contribution in [0, 0.1) is 11.6 Å². The highest BCUT2D eigenvalue weighted by molar-refractivity contribution is 7.92. The predicted molar refractivity (Wildman–Crippen MR) is 148 cm³/mol. The lowest BCUT2D eigenvalue weighted by Crippen LogP contribution is -2.16. The summed E-state index contributed by atoms with van der Waals surface area (Å²) in [6.45, 7) is 5.47. The fourth-order valence-corrected chi connectivity index (χ4v) is 4.78. The maximum absolute atomic E-state index is 14.5. The van der Waals surface area contributed by atoms with Gasteiger partial charge < -0.3 is 18.7 Å². The minimum absolute atomic E-state index is 0.117. The molecule has 0 spiro atoms. The number of aromatic amines is 1.